The predicted molar refractivity (Wildman–Crippen MR) is 77.1 cm³/mol. The van der Waals surface area contributed by atoms with Crippen molar-refractivity contribution in [2.24, 2.45) is 11.8 Å². The van der Waals surface area contributed by atoms with Crippen LogP contribution in [0.1, 0.15) is 51.0 Å². The molecule has 0 bridgehead atoms. The highest BCUT2D eigenvalue weighted by atomic mass is 16.5. The highest BCUT2D eigenvalue weighted by Crippen LogP contribution is 2.37. The normalized spacial score (nSPS) is 17.4. The molecule has 0 heterocycles. The van der Waals surface area contributed by atoms with Crippen LogP contribution in [-0.2, 0) is 0 Å². The molecule has 1 saturated carbocycles. The van der Waals surface area contributed by atoms with Gasteiger partial charge in [0.1, 0.15) is 5.75 Å². The minimum atomic E-state index is 0.0571. The smallest absolute Gasteiger partial charge is 0.119 e. The lowest BCUT2D eigenvalue weighted by Gasteiger charge is -2.17. The summed E-state index contributed by atoms with van der Waals surface area (Å²) in [4.78, 5) is 0. The van der Waals surface area contributed by atoms with Crippen molar-refractivity contribution in [2.45, 2.75) is 45.4 Å². The monoisotopic (exact) mass is 257 g/mol. The average molecular weight is 257 g/mol. The summed E-state index contributed by atoms with van der Waals surface area (Å²) in [6.07, 6.45) is 4.95. The van der Waals surface area contributed by atoms with E-state index in [1.54, 1.807) is 0 Å². The number of rotatable bonds is 5. The number of benzene rings is 1. The largest absolute Gasteiger partial charge is 0.493 e. The molecular formula is C17H23NO. The molecule has 0 spiro atoms. The second-order valence-electron chi connectivity index (χ2n) is 5.93. The van der Waals surface area contributed by atoms with Gasteiger partial charge in [-0.3, -0.25) is 0 Å². The SMILES string of the molecule is CC(C)COc1ccc(C(C#N)C2CCCC2)cc1. The molecule has 0 saturated heterocycles. The molecule has 1 aromatic carbocycles. The quantitative estimate of drug-likeness (QED) is 0.777. The van der Waals surface area contributed by atoms with Crippen molar-refractivity contribution in [3.05, 3.63) is 29.8 Å². The van der Waals surface area contributed by atoms with Crippen LogP contribution < -0.4 is 4.74 Å². The van der Waals surface area contributed by atoms with E-state index in [1.807, 2.05) is 12.1 Å². The molecule has 1 aliphatic carbocycles. The van der Waals surface area contributed by atoms with Crippen LogP contribution in [-0.4, -0.2) is 6.61 Å². The highest BCUT2D eigenvalue weighted by molar-refractivity contribution is 5.32. The first-order valence-electron chi connectivity index (χ1n) is 7.33. The van der Waals surface area contributed by atoms with Gasteiger partial charge in [0.25, 0.3) is 0 Å². The van der Waals surface area contributed by atoms with Crippen LogP contribution in [0.4, 0.5) is 0 Å². The maximum Gasteiger partial charge on any atom is 0.119 e. The Morgan fingerprint density at radius 2 is 1.84 bits per heavy atom. The Morgan fingerprint density at radius 1 is 1.21 bits per heavy atom. The van der Waals surface area contributed by atoms with E-state index in [0.29, 0.717) is 11.8 Å². The minimum absolute atomic E-state index is 0.0571. The van der Waals surface area contributed by atoms with Crippen molar-refractivity contribution in [1.29, 1.82) is 5.26 Å². The second-order valence-corrected chi connectivity index (χ2v) is 5.93. The highest BCUT2D eigenvalue weighted by Gasteiger charge is 2.26. The van der Waals surface area contributed by atoms with Gasteiger partial charge in [-0.2, -0.15) is 5.26 Å². The van der Waals surface area contributed by atoms with Gasteiger partial charge in [-0.25, -0.2) is 0 Å². The number of hydrogen-bond acceptors (Lipinski definition) is 2. The number of ether oxygens (including phenoxy) is 1. The third-order valence-electron chi connectivity index (χ3n) is 3.83. The van der Waals surface area contributed by atoms with Crippen LogP contribution in [0.2, 0.25) is 0 Å². The van der Waals surface area contributed by atoms with Gasteiger partial charge in [0.05, 0.1) is 18.6 Å². The Hall–Kier alpha value is -1.49. The van der Waals surface area contributed by atoms with Crippen LogP contribution in [0.15, 0.2) is 24.3 Å². The van der Waals surface area contributed by atoms with Gasteiger partial charge in [0, 0.05) is 0 Å². The molecule has 0 amide bonds. The number of nitrogens with zero attached hydrogens (tertiary/aromatic N) is 1. The third kappa shape index (κ3) is 3.73. The molecule has 0 radical (unpaired) electrons. The Kier molecular flexibility index (Phi) is 4.85. The van der Waals surface area contributed by atoms with Gasteiger partial charge in [-0.05, 0) is 42.4 Å². The lowest BCUT2D eigenvalue weighted by molar-refractivity contribution is 0.271. The van der Waals surface area contributed by atoms with Gasteiger partial charge >= 0.3 is 0 Å². The van der Waals surface area contributed by atoms with E-state index in [9.17, 15) is 5.26 Å². The lowest BCUT2D eigenvalue weighted by Crippen LogP contribution is -2.08. The molecule has 19 heavy (non-hydrogen) atoms. The number of hydrogen-bond donors (Lipinski definition) is 0. The van der Waals surface area contributed by atoms with Crippen molar-refractivity contribution in [2.75, 3.05) is 6.61 Å². The molecule has 1 atom stereocenters. The summed E-state index contributed by atoms with van der Waals surface area (Å²) < 4.78 is 5.68. The Bertz CT molecular complexity index is 424. The van der Waals surface area contributed by atoms with Crippen LogP contribution in [0.3, 0.4) is 0 Å². The summed E-state index contributed by atoms with van der Waals surface area (Å²) in [6.45, 7) is 5.02. The van der Waals surface area contributed by atoms with Crippen LogP contribution in [0, 0.1) is 23.2 Å². The molecule has 1 fully saturated rings. The predicted octanol–water partition coefficient (Wildman–Crippen LogP) is 4.52. The van der Waals surface area contributed by atoms with Crippen molar-refractivity contribution in [1.82, 2.24) is 0 Å². The van der Waals surface area contributed by atoms with E-state index in [2.05, 4.69) is 32.0 Å². The summed E-state index contributed by atoms with van der Waals surface area (Å²) in [7, 11) is 0. The molecule has 1 aromatic rings. The average Bonchev–Trinajstić information content (AvgIpc) is 2.92. The molecule has 2 nitrogen and oxygen atoms in total. The van der Waals surface area contributed by atoms with Gasteiger partial charge < -0.3 is 4.74 Å². The van der Waals surface area contributed by atoms with E-state index in [1.165, 1.54) is 25.7 Å². The molecule has 1 aliphatic rings. The summed E-state index contributed by atoms with van der Waals surface area (Å²) in [6, 6.07) is 10.6. The second kappa shape index (κ2) is 6.61. The van der Waals surface area contributed by atoms with Crippen LogP contribution >= 0.6 is 0 Å². The first kappa shape index (κ1) is 13.9. The zero-order valence-corrected chi connectivity index (χ0v) is 11.9. The first-order valence-corrected chi connectivity index (χ1v) is 7.33. The van der Waals surface area contributed by atoms with Gasteiger partial charge in [-0.15, -0.1) is 0 Å². The standard InChI is InChI=1S/C17H23NO/c1-13(2)12-19-16-9-7-15(8-10-16)17(11-18)14-5-3-4-6-14/h7-10,13-14,17H,3-6,12H2,1-2H3. The van der Waals surface area contributed by atoms with Crippen LogP contribution in [0.5, 0.6) is 5.75 Å². The summed E-state index contributed by atoms with van der Waals surface area (Å²) in [5.74, 6) is 2.04. The van der Waals surface area contributed by atoms with E-state index < -0.39 is 0 Å². The fourth-order valence-electron chi connectivity index (χ4n) is 2.78. The Balaban J connectivity index is 2.02. The molecule has 2 heteroatoms. The van der Waals surface area contributed by atoms with Crippen molar-refractivity contribution >= 4 is 0 Å². The van der Waals surface area contributed by atoms with Crippen molar-refractivity contribution in [3.8, 4) is 11.8 Å². The maximum atomic E-state index is 9.40. The van der Waals surface area contributed by atoms with Gasteiger partial charge in [0.2, 0.25) is 0 Å². The van der Waals surface area contributed by atoms with E-state index >= 15 is 0 Å². The zero-order chi connectivity index (χ0) is 13.7. The van der Waals surface area contributed by atoms with E-state index in [4.69, 9.17) is 4.74 Å². The van der Waals surface area contributed by atoms with Gasteiger partial charge in [0.15, 0.2) is 0 Å². The Morgan fingerprint density at radius 3 is 2.37 bits per heavy atom. The molecule has 0 N–H and O–H groups in total. The fraction of sp³-hybridized carbons (Fsp3) is 0.588. The van der Waals surface area contributed by atoms with Crippen LogP contribution in [0.25, 0.3) is 0 Å². The molecule has 0 aliphatic heterocycles. The summed E-state index contributed by atoms with van der Waals surface area (Å²) in [5.41, 5.74) is 1.14. The lowest BCUT2D eigenvalue weighted by atomic mass is 9.86. The fourth-order valence-corrected chi connectivity index (χ4v) is 2.78. The molecule has 102 valence electrons. The topological polar surface area (TPSA) is 33.0 Å². The number of nitriles is 1. The van der Waals surface area contributed by atoms with E-state index in [0.717, 1.165) is 17.9 Å². The van der Waals surface area contributed by atoms with Crippen molar-refractivity contribution < 1.29 is 4.74 Å². The summed E-state index contributed by atoms with van der Waals surface area (Å²) >= 11 is 0. The minimum Gasteiger partial charge on any atom is -0.493 e. The Labute approximate surface area is 116 Å². The molecular weight excluding hydrogens is 234 g/mol. The molecule has 2 rings (SSSR count). The van der Waals surface area contributed by atoms with Gasteiger partial charge in [-0.1, -0.05) is 38.8 Å². The maximum absolute atomic E-state index is 9.40. The zero-order valence-electron chi connectivity index (χ0n) is 11.9. The summed E-state index contributed by atoms with van der Waals surface area (Å²) in [5, 5.41) is 9.40. The third-order valence-corrected chi connectivity index (χ3v) is 3.83. The molecule has 1 unspecified atom stereocenters. The van der Waals surface area contributed by atoms with E-state index in [-0.39, 0.29) is 5.92 Å². The first-order chi connectivity index (χ1) is 9.20. The van der Waals surface area contributed by atoms with Crippen molar-refractivity contribution in [3.63, 3.8) is 0 Å². The molecule has 0 aromatic heterocycles.